The molecule has 82 heavy (non-hydrogen) atoms. The maximum Gasteiger partial charge on any atom is 0.194 e. The molecule has 0 bridgehead atoms. The first-order valence-electron chi connectivity index (χ1n) is 26.9. The van der Waals surface area contributed by atoms with Gasteiger partial charge >= 0.3 is 0 Å². The highest BCUT2D eigenvalue weighted by Crippen LogP contribution is 2.65. The average Bonchev–Trinajstić information content (AvgIpc) is 1.64. The van der Waals surface area contributed by atoms with Crippen molar-refractivity contribution < 1.29 is 9.59 Å². The van der Waals surface area contributed by atoms with Crippen LogP contribution in [0.4, 0.5) is 0 Å². The van der Waals surface area contributed by atoms with Crippen LogP contribution in [0.3, 0.4) is 0 Å². The Morgan fingerprint density at radius 2 is 0.756 bits per heavy atom. The predicted octanol–water partition coefficient (Wildman–Crippen LogP) is 17.1. The zero-order valence-electron chi connectivity index (χ0n) is 44.9. The van der Waals surface area contributed by atoms with Crippen LogP contribution in [0.2, 0.25) is 0 Å². The number of nitrogens with zero attached hydrogens (tertiary/aromatic N) is 4. The number of hydrogen-bond acceptors (Lipinski definition) is 8. The van der Waals surface area contributed by atoms with Gasteiger partial charge in [-0.15, -0.1) is 22.7 Å². The number of nitriles is 4. The second-order valence-corrected chi connectivity index (χ2v) is 23.9. The van der Waals surface area contributed by atoms with Gasteiger partial charge in [-0.2, -0.15) is 21.0 Å². The molecule has 8 aromatic carbocycles. The Bertz CT molecular complexity index is 4710. The molecule has 0 aliphatic heterocycles. The van der Waals surface area contributed by atoms with E-state index in [1.807, 2.05) is 36.4 Å². The van der Waals surface area contributed by atoms with Crippen LogP contribution >= 0.6 is 22.7 Å². The molecule has 8 heteroatoms. The fourth-order valence-electron chi connectivity index (χ4n) is 13.4. The molecule has 0 saturated carbocycles. The van der Waals surface area contributed by atoms with Crippen molar-refractivity contribution in [2.75, 3.05) is 0 Å². The minimum Gasteiger partial charge on any atom is -0.289 e. The monoisotopic (exact) mass is 1080 g/mol. The minimum absolute atomic E-state index is 0.101. The first-order valence-corrected chi connectivity index (χ1v) is 28.6. The van der Waals surface area contributed by atoms with Crippen LogP contribution in [0.15, 0.2) is 204 Å². The number of carbonyl (C=O) groups excluding carboxylic acids is 2. The number of thiophene rings is 2. The van der Waals surface area contributed by atoms with E-state index in [0.717, 1.165) is 108 Å². The summed E-state index contributed by atoms with van der Waals surface area (Å²) in [6.45, 7) is 8.43. The van der Waals surface area contributed by atoms with Crippen molar-refractivity contribution in [3.63, 3.8) is 0 Å². The summed E-state index contributed by atoms with van der Waals surface area (Å²) in [6, 6.07) is 72.0. The van der Waals surface area contributed by atoms with Crippen molar-refractivity contribution in [3.05, 3.63) is 303 Å². The van der Waals surface area contributed by atoms with Crippen molar-refractivity contribution in [3.8, 4) is 45.8 Å². The number of rotatable bonds is 6. The number of carbonyl (C=O) groups is 2. The average molecular weight is 1090 g/mol. The summed E-state index contributed by atoms with van der Waals surface area (Å²) in [7, 11) is 0. The second kappa shape index (κ2) is 18.6. The Balaban J connectivity index is 1.07. The lowest BCUT2D eigenvalue weighted by Crippen LogP contribution is -2.30. The van der Waals surface area contributed by atoms with E-state index in [4.69, 9.17) is 0 Å². The van der Waals surface area contributed by atoms with Crippen LogP contribution < -0.4 is 0 Å². The third-order valence-electron chi connectivity index (χ3n) is 17.1. The summed E-state index contributed by atoms with van der Waals surface area (Å²) < 4.78 is 1.02. The lowest BCUT2D eigenvalue weighted by atomic mass is 9.65. The van der Waals surface area contributed by atoms with Gasteiger partial charge in [0, 0.05) is 52.8 Å². The van der Waals surface area contributed by atoms with Gasteiger partial charge in [0.05, 0.1) is 10.8 Å². The van der Waals surface area contributed by atoms with Crippen LogP contribution in [0.1, 0.15) is 108 Å². The lowest BCUT2D eigenvalue weighted by molar-refractivity contribution is 0.103. The molecular formula is C74H44N4O2S2. The summed E-state index contributed by atoms with van der Waals surface area (Å²) in [5, 5.41) is 41.9. The SMILES string of the molecule is Cc1ccc(C2(c3ccc(C)cc3)c3cc4c(cc3-c3cc5cc(C=C6C(=O)c7ccccc7C6=C(C#N)C#N)sc5cc32)C(c2ccc(C)cc2)(c2ccc(C)cc2)c2cc(C=C3C(=O)c5ccccc5C3=C(C#N)C#N)sc2-4)cc1. The maximum atomic E-state index is 14.5. The Kier molecular flexibility index (Phi) is 11.4. The number of fused-ring (bicyclic) bond motifs is 9. The van der Waals surface area contributed by atoms with Gasteiger partial charge in [-0.1, -0.05) is 168 Å². The zero-order chi connectivity index (χ0) is 56.3. The third-order valence-corrected chi connectivity index (χ3v) is 19.3. The second-order valence-electron chi connectivity index (χ2n) is 21.7. The van der Waals surface area contributed by atoms with Gasteiger partial charge in [-0.05, 0) is 154 Å². The molecule has 14 rings (SSSR count). The number of aryl methyl sites for hydroxylation is 4. The Labute approximate surface area is 482 Å². The van der Waals surface area contributed by atoms with E-state index in [0.29, 0.717) is 44.5 Å². The van der Waals surface area contributed by atoms with Gasteiger partial charge in [0.25, 0.3) is 0 Å². The summed E-state index contributed by atoms with van der Waals surface area (Å²) in [5.74, 6) is -0.444. The quantitative estimate of drug-likeness (QED) is 0.120. The molecule has 0 atom stereocenters. The number of benzene rings is 8. The van der Waals surface area contributed by atoms with Crippen molar-refractivity contribution in [1.29, 1.82) is 21.0 Å². The van der Waals surface area contributed by atoms with Gasteiger partial charge < -0.3 is 0 Å². The number of allylic oxidation sites excluding steroid dienone is 6. The highest BCUT2D eigenvalue weighted by Gasteiger charge is 2.52. The van der Waals surface area contributed by atoms with Crippen LogP contribution in [0, 0.1) is 73.0 Å². The molecule has 4 aliphatic carbocycles. The van der Waals surface area contributed by atoms with Crippen LogP contribution in [0.5, 0.6) is 0 Å². The zero-order valence-corrected chi connectivity index (χ0v) is 46.5. The number of hydrogen-bond donors (Lipinski definition) is 0. The summed E-state index contributed by atoms with van der Waals surface area (Å²) in [6.07, 6.45) is 3.73. The Morgan fingerprint density at radius 3 is 1.20 bits per heavy atom. The molecule has 0 radical (unpaired) electrons. The molecule has 2 heterocycles. The number of Topliss-reactive ketones (excluding diaryl/α,β-unsaturated/α-hetero) is 2. The summed E-state index contributed by atoms with van der Waals surface area (Å²) >= 11 is 3.20. The molecule has 10 aromatic rings. The topological polar surface area (TPSA) is 129 Å². The van der Waals surface area contributed by atoms with Crippen LogP contribution in [0.25, 0.3) is 55.0 Å². The molecule has 0 fully saturated rings. The van der Waals surface area contributed by atoms with Gasteiger partial charge in [-0.3, -0.25) is 9.59 Å². The van der Waals surface area contributed by atoms with Crippen molar-refractivity contribution in [2.45, 2.75) is 38.5 Å². The molecular weight excluding hydrogens is 1040 g/mol. The van der Waals surface area contributed by atoms with Crippen LogP contribution in [-0.4, -0.2) is 11.6 Å². The molecule has 0 N–H and O–H groups in total. The summed E-state index contributed by atoms with van der Waals surface area (Å²) in [4.78, 5) is 31.4. The summed E-state index contributed by atoms with van der Waals surface area (Å²) in [5.41, 5.74) is 18.2. The van der Waals surface area contributed by atoms with Gasteiger partial charge in [-0.25, -0.2) is 0 Å². The molecule has 384 valence electrons. The van der Waals surface area contributed by atoms with E-state index >= 15 is 0 Å². The predicted molar refractivity (Wildman–Crippen MR) is 327 cm³/mol. The van der Waals surface area contributed by atoms with E-state index in [-0.39, 0.29) is 22.7 Å². The molecule has 2 aromatic heterocycles. The van der Waals surface area contributed by atoms with Crippen molar-refractivity contribution >= 4 is 67.6 Å². The van der Waals surface area contributed by atoms with Crippen LogP contribution in [-0.2, 0) is 10.8 Å². The Morgan fingerprint density at radius 1 is 0.390 bits per heavy atom. The van der Waals surface area contributed by atoms with E-state index < -0.39 is 10.8 Å². The van der Waals surface area contributed by atoms with Gasteiger partial charge in [0.1, 0.15) is 35.4 Å². The Hall–Kier alpha value is -10.3. The molecule has 0 amide bonds. The van der Waals surface area contributed by atoms with Crippen molar-refractivity contribution in [1.82, 2.24) is 0 Å². The first-order chi connectivity index (χ1) is 39.9. The molecule has 0 unspecified atom stereocenters. The molecule has 4 aliphatic rings. The molecule has 6 nitrogen and oxygen atoms in total. The number of ketones is 2. The highest BCUT2D eigenvalue weighted by atomic mass is 32.1. The van der Waals surface area contributed by atoms with E-state index in [1.165, 1.54) is 0 Å². The van der Waals surface area contributed by atoms with Crippen molar-refractivity contribution in [2.24, 2.45) is 0 Å². The minimum atomic E-state index is -0.854. The smallest absolute Gasteiger partial charge is 0.194 e. The lowest BCUT2D eigenvalue weighted by Gasteiger charge is -2.35. The van der Waals surface area contributed by atoms with Gasteiger partial charge in [0.2, 0.25) is 0 Å². The highest BCUT2D eigenvalue weighted by molar-refractivity contribution is 7.20. The normalized spacial score (nSPS) is 15.5. The first kappa shape index (κ1) is 49.9. The maximum absolute atomic E-state index is 14.5. The standard InChI is InChI=1S/C74H44N4O2S2/c1-41-13-21-48(22-14-41)73(49-23-15-42(2)16-24-49)63-35-60-64(34-59(63)58-30-45-29-52(81-67(45)36-65(58)73)31-61-68(46(37-75)38-76)54-9-5-7-11-56(54)70(61)79)74(50-25-17-43(3)18-26-50,51-27-19-44(4)20-28-51)66-33-53(82-72(60)66)32-62-69(47(39-77)40-78)55-10-6-8-12-57(55)71(62)80/h5-36H,1-4H3. The van der Waals surface area contributed by atoms with E-state index in [1.54, 1.807) is 46.9 Å². The largest absolute Gasteiger partial charge is 0.289 e. The molecule has 0 saturated heterocycles. The fraction of sp³-hybridized carbons (Fsp3) is 0.0811. The van der Waals surface area contributed by atoms with Gasteiger partial charge in [0.15, 0.2) is 11.6 Å². The fourth-order valence-corrected chi connectivity index (χ4v) is 15.6. The van der Waals surface area contributed by atoms with E-state index in [9.17, 15) is 30.6 Å². The third kappa shape index (κ3) is 7.07. The van der Waals surface area contributed by atoms with E-state index in [2.05, 4.69) is 185 Å². The molecule has 0 spiro atoms.